The summed E-state index contributed by atoms with van der Waals surface area (Å²) >= 11 is 0. The summed E-state index contributed by atoms with van der Waals surface area (Å²) in [6, 6.07) is 0.563. The van der Waals surface area contributed by atoms with Gasteiger partial charge in [-0.15, -0.1) is 0 Å². The largest absolute Gasteiger partial charge is 0.419 e. The number of hydrogen-bond donors (Lipinski definition) is 1. The van der Waals surface area contributed by atoms with Gasteiger partial charge < -0.3 is 10.2 Å². The van der Waals surface area contributed by atoms with Crippen molar-refractivity contribution in [2.24, 2.45) is 0 Å². The normalized spacial score (nSPS) is 15.8. The highest BCUT2D eigenvalue weighted by Crippen LogP contribution is 2.38. The maximum absolute atomic E-state index is 14.5. The van der Waals surface area contributed by atoms with Gasteiger partial charge in [-0.3, -0.25) is 0 Å². The summed E-state index contributed by atoms with van der Waals surface area (Å²) in [5.41, 5.74) is -1.84. The molecule has 0 saturated carbocycles. The van der Waals surface area contributed by atoms with Crippen LogP contribution < -0.4 is 10.2 Å². The number of hydrogen-bond acceptors (Lipinski definition) is 5. The lowest BCUT2D eigenvalue weighted by molar-refractivity contribution is -0.140. The Balaban J connectivity index is 2.08. The van der Waals surface area contributed by atoms with E-state index >= 15 is 0 Å². The number of pyridine rings is 1. The molecule has 10 heteroatoms. The molecule has 1 aliphatic rings. The van der Waals surface area contributed by atoms with E-state index in [1.54, 1.807) is 0 Å². The SMILES string of the molecule is Fc1c(C(F)(F)F)cc2c(nc(N3CCNCC3)c3ncncc32)c1F. The first-order valence-corrected chi connectivity index (χ1v) is 7.82. The van der Waals surface area contributed by atoms with E-state index < -0.39 is 28.9 Å². The van der Waals surface area contributed by atoms with E-state index in [1.807, 2.05) is 4.90 Å². The van der Waals surface area contributed by atoms with E-state index in [2.05, 4.69) is 20.3 Å². The van der Waals surface area contributed by atoms with Crippen LogP contribution in [0.4, 0.5) is 27.8 Å². The van der Waals surface area contributed by atoms with E-state index in [0.29, 0.717) is 43.6 Å². The van der Waals surface area contributed by atoms with Gasteiger partial charge in [0.15, 0.2) is 17.5 Å². The van der Waals surface area contributed by atoms with Crippen molar-refractivity contribution in [3.05, 3.63) is 35.8 Å². The predicted molar refractivity (Wildman–Crippen MR) is 84.8 cm³/mol. The fourth-order valence-electron chi connectivity index (χ4n) is 3.10. The maximum atomic E-state index is 14.5. The van der Waals surface area contributed by atoms with Crippen molar-refractivity contribution < 1.29 is 22.0 Å². The quantitative estimate of drug-likeness (QED) is 0.528. The van der Waals surface area contributed by atoms with Gasteiger partial charge >= 0.3 is 6.18 Å². The Morgan fingerprint density at radius 1 is 1.00 bits per heavy atom. The number of benzene rings is 1. The van der Waals surface area contributed by atoms with Crippen LogP contribution in [0.3, 0.4) is 0 Å². The van der Waals surface area contributed by atoms with Gasteiger partial charge in [0.2, 0.25) is 0 Å². The van der Waals surface area contributed by atoms with Gasteiger partial charge in [0, 0.05) is 43.1 Å². The Kier molecular flexibility index (Phi) is 3.87. The number of nitrogens with one attached hydrogen (secondary N) is 1. The molecule has 136 valence electrons. The van der Waals surface area contributed by atoms with E-state index in [4.69, 9.17) is 0 Å². The smallest absolute Gasteiger partial charge is 0.352 e. The van der Waals surface area contributed by atoms with Gasteiger partial charge in [0.05, 0.1) is 5.56 Å². The Labute approximate surface area is 143 Å². The van der Waals surface area contributed by atoms with Gasteiger partial charge in [0.1, 0.15) is 17.4 Å². The second-order valence-electron chi connectivity index (χ2n) is 5.90. The van der Waals surface area contributed by atoms with Crippen LogP contribution in [0.15, 0.2) is 18.6 Å². The van der Waals surface area contributed by atoms with Gasteiger partial charge in [-0.05, 0) is 6.07 Å². The number of fused-ring (bicyclic) bond motifs is 3. The number of rotatable bonds is 1. The van der Waals surface area contributed by atoms with Gasteiger partial charge in [-0.1, -0.05) is 0 Å². The molecule has 1 aliphatic heterocycles. The summed E-state index contributed by atoms with van der Waals surface area (Å²) < 4.78 is 67.6. The third-order valence-electron chi connectivity index (χ3n) is 4.33. The number of nitrogens with zero attached hydrogens (tertiary/aromatic N) is 4. The highest BCUT2D eigenvalue weighted by atomic mass is 19.4. The highest BCUT2D eigenvalue weighted by molar-refractivity contribution is 6.08. The van der Waals surface area contributed by atoms with Gasteiger partial charge in [0.25, 0.3) is 0 Å². The van der Waals surface area contributed by atoms with Crippen molar-refractivity contribution in [3.63, 3.8) is 0 Å². The minimum atomic E-state index is -5.03. The second-order valence-corrected chi connectivity index (χ2v) is 5.90. The summed E-state index contributed by atoms with van der Waals surface area (Å²) in [6.45, 7) is 2.44. The first-order chi connectivity index (χ1) is 12.4. The average molecular weight is 369 g/mol. The topological polar surface area (TPSA) is 53.9 Å². The molecule has 5 nitrogen and oxygen atoms in total. The molecule has 4 rings (SSSR count). The van der Waals surface area contributed by atoms with Crippen LogP contribution in [0.1, 0.15) is 5.56 Å². The van der Waals surface area contributed by atoms with Crippen molar-refractivity contribution in [1.82, 2.24) is 20.3 Å². The van der Waals surface area contributed by atoms with Crippen molar-refractivity contribution >= 4 is 27.6 Å². The summed E-state index contributed by atoms with van der Waals surface area (Å²) in [4.78, 5) is 13.9. The van der Waals surface area contributed by atoms with E-state index in [0.717, 1.165) is 0 Å². The van der Waals surface area contributed by atoms with Crippen LogP contribution in [0, 0.1) is 11.6 Å². The molecule has 0 amide bonds. The Hall–Kier alpha value is -2.62. The highest BCUT2D eigenvalue weighted by Gasteiger charge is 2.37. The zero-order valence-corrected chi connectivity index (χ0v) is 13.2. The molecule has 0 aliphatic carbocycles. The van der Waals surface area contributed by atoms with Crippen LogP contribution in [-0.2, 0) is 6.18 Å². The molecular formula is C16H12F5N5. The zero-order chi connectivity index (χ0) is 18.5. The average Bonchev–Trinajstić information content (AvgIpc) is 2.63. The van der Waals surface area contributed by atoms with Crippen LogP contribution in [-0.4, -0.2) is 41.1 Å². The number of halogens is 5. The summed E-state index contributed by atoms with van der Waals surface area (Å²) in [5, 5.41) is 3.17. The molecule has 0 bridgehead atoms. The first-order valence-electron chi connectivity index (χ1n) is 7.82. The Morgan fingerprint density at radius 3 is 2.42 bits per heavy atom. The fourth-order valence-corrected chi connectivity index (χ4v) is 3.10. The Bertz CT molecular complexity index is 998. The molecule has 2 aromatic heterocycles. The molecule has 1 saturated heterocycles. The molecule has 0 spiro atoms. The predicted octanol–water partition coefficient (Wildman–Crippen LogP) is 2.88. The van der Waals surface area contributed by atoms with Crippen molar-refractivity contribution in [3.8, 4) is 0 Å². The van der Waals surface area contributed by atoms with Crippen LogP contribution in [0.5, 0.6) is 0 Å². The molecule has 1 N–H and O–H groups in total. The number of anilines is 1. The monoisotopic (exact) mass is 369 g/mol. The second kappa shape index (κ2) is 5.97. The lowest BCUT2D eigenvalue weighted by Gasteiger charge is -2.29. The summed E-state index contributed by atoms with van der Waals surface area (Å²) in [7, 11) is 0. The van der Waals surface area contributed by atoms with Crippen molar-refractivity contribution in [2.75, 3.05) is 31.1 Å². The minimum Gasteiger partial charge on any atom is -0.352 e. The van der Waals surface area contributed by atoms with E-state index in [1.165, 1.54) is 12.5 Å². The molecule has 3 heterocycles. The van der Waals surface area contributed by atoms with Crippen LogP contribution in [0.25, 0.3) is 21.8 Å². The van der Waals surface area contributed by atoms with Crippen molar-refractivity contribution in [2.45, 2.75) is 6.18 Å². The third kappa shape index (κ3) is 2.61. The third-order valence-corrected chi connectivity index (χ3v) is 4.33. The molecule has 0 radical (unpaired) electrons. The zero-order valence-electron chi connectivity index (χ0n) is 13.2. The summed E-state index contributed by atoms with van der Waals surface area (Å²) in [5.74, 6) is -3.29. The molecule has 0 unspecified atom stereocenters. The number of piperazine rings is 1. The molecule has 1 aromatic carbocycles. The standard InChI is InChI=1S/C16H12F5N5/c17-11-10(16(19,20)21)5-8-9-6-23-7-24-14(9)15(25-13(8)12(11)18)26-3-1-22-2-4-26/h5-7,22H,1-4H2. The molecule has 0 atom stereocenters. The maximum Gasteiger partial charge on any atom is 0.419 e. The van der Waals surface area contributed by atoms with E-state index in [9.17, 15) is 22.0 Å². The van der Waals surface area contributed by atoms with E-state index in [-0.39, 0.29) is 10.8 Å². The van der Waals surface area contributed by atoms with Crippen LogP contribution >= 0.6 is 0 Å². The first kappa shape index (κ1) is 16.8. The Morgan fingerprint density at radius 2 is 1.73 bits per heavy atom. The van der Waals surface area contributed by atoms with Crippen LogP contribution in [0.2, 0.25) is 0 Å². The van der Waals surface area contributed by atoms with Gasteiger partial charge in [-0.2, -0.15) is 13.2 Å². The van der Waals surface area contributed by atoms with Crippen molar-refractivity contribution in [1.29, 1.82) is 0 Å². The number of aromatic nitrogens is 3. The van der Waals surface area contributed by atoms with Gasteiger partial charge in [-0.25, -0.2) is 23.7 Å². The molecular weight excluding hydrogens is 357 g/mol. The fraction of sp³-hybridized carbons (Fsp3) is 0.312. The molecule has 26 heavy (non-hydrogen) atoms. The summed E-state index contributed by atoms with van der Waals surface area (Å²) in [6.07, 6.45) is -2.50. The number of alkyl halides is 3. The molecule has 1 fully saturated rings. The lowest BCUT2D eigenvalue weighted by Crippen LogP contribution is -2.44. The lowest BCUT2D eigenvalue weighted by atomic mass is 10.1. The minimum absolute atomic E-state index is 0.175. The molecule has 3 aromatic rings.